The summed E-state index contributed by atoms with van der Waals surface area (Å²) >= 11 is 1.59. The number of nitrogens with zero attached hydrogens (tertiary/aromatic N) is 1. The standard InChI is InChI=1S/C10H14N2O2S2/c1-8(6-10-4-3-5-15-10)12-16(13,14)9(2)7-11/h3-5,8-9,12H,6H2,1-2H3. The Bertz CT molecular complexity index is 460. The Morgan fingerprint density at radius 2 is 2.25 bits per heavy atom. The van der Waals surface area contributed by atoms with Crippen LogP contribution in [-0.2, 0) is 16.4 Å². The van der Waals surface area contributed by atoms with Crippen molar-refractivity contribution >= 4 is 21.4 Å². The molecule has 2 unspecified atom stereocenters. The predicted molar refractivity (Wildman–Crippen MR) is 64.6 cm³/mol. The monoisotopic (exact) mass is 258 g/mol. The fourth-order valence-corrected chi connectivity index (χ4v) is 3.05. The van der Waals surface area contributed by atoms with Crippen LogP contribution >= 0.6 is 11.3 Å². The Kier molecular flexibility index (Phi) is 4.47. The van der Waals surface area contributed by atoms with Gasteiger partial charge >= 0.3 is 0 Å². The molecule has 1 N–H and O–H groups in total. The highest BCUT2D eigenvalue weighted by Gasteiger charge is 2.22. The number of thiophene rings is 1. The van der Waals surface area contributed by atoms with E-state index in [2.05, 4.69) is 4.72 Å². The van der Waals surface area contributed by atoms with Gasteiger partial charge in [-0.1, -0.05) is 6.07 Å². The van der Waals surface area contributed by atoms with E-state index in [9.17, 15) is 8.42 Å². The van der Waals surface area contributed by atoms with E-state index in [-0.39, 0.29) is 6.04 Å². The van der Waals surface area contributed by atoms with Crippen molar-refractivity contribution in [3.8, 4) is 6.07 Å². The molecule has 0 fully saturated rings. The first-order chi connectivity index (χ1) is 7.45. The second-order valence-electron chi connectivity index (χ2n) is 3.62. The first kappa shape index (κ1) is 13.2. The lowest BCUT2D eigenvalue weighted by Gasteiger charge is -2.14. The Hall–Kier alpha value is -0.900. The van der Waals surface area contributed by atoms with E-state index in [0.717, 1.165) is 4.88 Å². The third-order valence-electron chi connectivity index (χ3n) is 2.10. The van der Waals surface area contributed by atoms with Crippen LogP contribution in [-0.4, -0.2) is 19.7 Å². The average molecular weight is 258 g/mol. The Labute approximate surface area is 100.0 Å². The summed E-state index contributed by atoms with van der Waals surface area (Å²) in [6.07, 6.45) is 0.648. The van der Waals surface area contributed by atoms with Crippen molar-refractivity contribution in [3.63, 3.8) is 0 Å². The summed E-state index contributed by atoms with van der Waals surface area (Å²) in [5, 5.41) is 9.51. The van der Waals surface area contributed by atoms with Crippen LogP contribution in [0.15, 0.2) is 17.5 Å². The summed E-state index contributed by atoms with van der Waals surface area (Å²) in [4.78, 5) is 1.12. The number of hydrogen-bond donors (Lipinski definition) is 1. The lowest BCUT2D eigenvalue weighted by molar-refractivity contribution is 0.556. The molecular formula is C10H14N2O2S2. The Morgan fingerprint density at radius 1 is 1.56 bits per heavy atom. The molecule has 1 aromatic heterocycles. The molecule has 0 aliphatic rings. The minimum absolute atomic E-state index is 0.195. The van der Waals surface area contributed by atoms with Crippen LogP contribution in [0.3, 0.4) is 0 Å². The van der Waals surface area contributed by atoms with E-state index in [4.69, 9.17) is 5.26 Å². The number of nitrogens with one attached hydrogen (secondary N) is 1. The summed E-state index contributed by atoms with van der Waals surface area (Å²) in [6, 6.07) is 5.42. The van der Waals surface area contributed by atoms with Crippen molar-refractivity contribution in [1.82, 2.24) is 4.72 Å². The Morgan fingerprint density at radius 3 is 2.75 bits per heavy atom. The largest absolute Gasteiger partial charge is 0.227 e. The molecule has 6 heteroatoms. The lowest BCUT2D eigenvalue weighted by atomic mass is 10.2. The van der Waals surface area contributed by atoms with E-state index in [0.29, 0.717) is 6.42 Å². The SMILES string of the molecule is CC(Cc1cccs1)NS(=O)(=O)C(C)C#N. The van der Waals surface area contributed by atoms with Gasteiger partial charge in [0.15, 0.2) is 5.25 Å². The fourth-order valence-electron chi connectivity index (χ4n) is 1.22. The third-order valence-corrected chi connectivity index (χ3v) is 4.77. The molecular weight excluding hydrogens is 244 g/mol. The molecule has 2 atom stereocenters. The van der Waals surface area contributed by atoms with Crippen molar-refractivity contribution in [2.75, 3.05) is 0 Å². The van der Waals surface area contributed by atoms with Crippen molar-refractivity contribution in [3.05, 3.63) is 22.4 Å². The van der Waals surface area contributed by atoms with Crippen molar-refractivity contribution < 1.29 is 8.42 Å². The molecule has 0 aromatic carbocycles. The van der Waals surface area contributed by atoms with Crippen LogP contribution in [0.25, 0.3) is 0 Å². The molecule has 1 aromatic rings. The lowest BCUT2D eigenvalue weighted by Crippen LogP contribution is -2.38. The van der Waals surface area contributed by atoms with Gasteiger partial charge in [0.25, 0.3) is 0 Å². The van der Waals surface area contributed by atoms with E-state index in [1.165, 1.54) is 6.92 Å². The highest BCUT2D eigenvalue weighted by molar-refractivity contribution is 7.90. The molecule has 0 radical (unpaired) electrons. The van der Waals surface area contributed by atoms with E-state index in [1.807, 2.05) is 17.5 Å². The maximum absolute atomic E-state index is 11.6. The molecule has 0 saturated heterocycles. The van der Waals surface area contributed by atoms with Crippen LogP contribution in [0, 0.1) is 11.3 Å². The maximum Gasteiger partial charge on any atom is 0.227 e. The molecule has 1 rings (SSSR count). The molecule has 0 spiro atoms. The van der Waals surface area contributed by atoms with Gasteiger partial charge in [0.05, 0.1) is 6.07 Å². The first-order valence-corrected chi connectivity index (χ1v) is 7.31. The van der Waals surface area contributed by atoms with Gasteiger partial charge in [-0.3, -0.25) is 0 Å². The van der Waals surface area contributed by atoms with Crippen molar-refractivity contribution in [1.29, 1.82) is 5.26 Å². The van der Waals surface area contributed by atoms with Crippen LogP contribution in [0.1, 0.15) is 18.7 Å². The molecule has 0 aliphatic heterocycles. The second kappa shape index (κ2) is 5.43. The molecule has 4 nitrogen and oxygen atoms in total. The van der Waals surface area contributed by atoms with Gasteiger partial charge in [0.1, 0.15) is 0 Å². The van der Waals surface area contributed by atoms with E-state index in [1.54, 1.807) is 24.3 Å². The molecule has 0 bridgehead atoms. The van der Waals surface area contributed by atoms with Crippen LogP contribution in [0.5, 0.6) is 0 Å². The summed E-state index contributed by atoms with van der Waals surface area (Å²) in [5.74, 6) is 0. The van der Waals surface area contributed by atoms with Gasteiger partial charge in [-0.05, 0) is 31.7 Å². The maximum atomic E-state index is 11.6. The summed E-state index contributed by atoms with van der Waals surface area (Å²) < 4.78 is 25.6. The van der Waals surface area contributed by atoms with Gasteiger partial charge in [0.2, 0.25) is 10.0 Å². The minimum Gasteiger partial charge on any atom is -0.211 e. The summed E-state index contributed by atoms with van der Waals surface area (Å²) in [6.45, 7) is 3.17. The molecule has 0 saturated carbocycles. The normalized spacial score (nSPS) is 15.3. The van der Waals surface area contributed by atoms with Gasteiger partial charge in [-0.25, -0.2) is 13.1 Å². The van der Waals surface area contributed by atoms with Gasteiger partial charge < -0.3 is 0 Å². The highest BCUT2D eigenvalue weighted by atomic mass is 32.2. The first-order valence-electron chi connectivity index (χ1n) is 4.89. The van der Waals surface area contributed by atoms with Crippen molar-refractivity contribution in [2.24, 2.45) is 0 Å². The fraction of sp³-hybridized carbons (Fsp3) is 0.500. The number of nitriles is 1. The number of hydrogen-bond acceptors (Lipinski definition) is 4. The Balaban J connectivity index is 2.59. The van der Waals surface area contributed by atoms with Crippen LogP contribution < -0.4 is 4.72 Å². The summed E-state index contributed by atoms with van der Waals surface area (Å²) in [7, 11) is -3.52. The highest BCUT2D eigenvalue weighted by Crippen LogP contribution is 2.11. The van der Waals surface area contributed by atoms with Crippen LogP contribution in [0.4, 0.5) is 0 Å². The molecule has 1 heterocycles. The molecule has 16 heavy (non-hydrogen) atoms. The van der Waals surface area contributed by atoms with Gasteiger partial charge in [0, 0.05) is 10.9 Å². The molecule has 0 aliphatic carbocycles. The third kappa shape index (κ3) is 3.59. The van der Waals surface area contributed by atoms with Crippen LogP contribution in [0.2, 0.25) is 0 Å². The van der Waals surface area contributed by atoms with Crippen molar-refractivity contribution in [2.45, 2.75) is 31.6 Å². The number of rotatable bonds is 5. The second-order valence-corrected chi connectivity index (χ2v) is 6.68. The quantitative estimate of drug-likeness (QED) is 0.870. The zero-order valence-electron chi connectivity index (χ0n) is 9.17. The zero-order chi connectivity index (χ0) is 12.2. The van der Waals surface area contributed by atoms with Gasteiger partial charge in [-0.2, -0.15) is 5.26 Å². The molecule has 0 amide bonds. The van der Waals surface area contributed by atoms with E-state index >= 15 is 0 Å². The predicted octanol–water partition coefficient (Wildman–Crippen LogP) is 1.51. The average Bonchev–Trinajstić information content (AvgIpc) is 2.67. The minimum atomic E-state index is -3.52. The smallest absolute Gasteiger partial charge is 0.211 e. The van der Waals surface area contributed by atoms with Gasteiger partial charge in [-0.15, -0.1) is 11.3 Å². The van der Waals surface area contributed by atoms with E-state index < -0.39 is 15.3 Å². The zero-order valence-corrected chi connectivity index (χ0v) is 10.8. The topological polar surface area (TPSA) is 70.0 Å². The molecule has 88 valence electrons. The summed E-state index contributed by atoms with van der Waals surface area (Å²) in [5.41, 5.74) is 0. The number of sulfonamides is 1.